The molecule has 1 heterocycles. The van der Waals surface area contributed by atoms with Gasteiger partial charge < -0.3 is 9.84 Å². The van der Waals surface area contributed by atoms with Crippen LogP contribution < -0.4 is 4.74 Å². The average molecular weight is 192 g/mol. The Bertz CT molecular complexity index is 371. The van der Waals surface area contributed by atoms with E-state index in [0.29, 0.717) is 5.75 Å². The van der Waals surface area contributed by atoms with E-state index in [1.54, 1.807) is 6.07 Å². The Balaban J connectivity index is 2.42. The maximum atomic E-state index is 11.4. The molecule has 0 saturated heterocycles. The lowest BCUT2D eigenvalue weighted by Gasteiger charge is -2.03. The van der Waals surface area contributed by atoms with E-state index < -0.39 is 0 Å². The normalized spacial score (nSPS) is 19.2. The Labute approximate surface area is 82.3 Å². The van der Waals surface area contributed by atoms with Crippen LogP contribution in [0.3, 0.4) is 0 Å². The third kappa shape index (κ3) is 1.25. The number of para-hydroxylation sites is 1. The summed E-state index contributed by atoms with van der Waals surface area (Å²) in [5.41, 5.74) is 0.817. The zero-order valence-electron chi connectivity index (χ0n) is 7.99. The Morgan fingerprint density at radius 1 is 1.50 bits per heavy atom. The number of carbonyl (C=O) groups is 1. The van der Waals surface area contributed by atoms with Crippen LogP contribution in [0.15, 0.2) is 18.2 Å². The van der Waals surface area contributed by atoms with Gasteiger partial charge in [-0.05, 0) is 12.5 Å². The number of benzene rings is 1. The van der Waals surface area contributed by atoms with Gasteiger partial charge in [-0.25, -0.2) is 0 Å². The summed E-state index contributed by atoms with van der Waals surface area (Å²) in [6.45, 7) is 2.02. The maximum Gasteiger partial charge on any atom is 0.319 e. The van der Waals surface area contributed by atoms with Gasteiger partial charge in [0.15, 0.2) is 11.5 Å². The van der Waals surface area contributed by atoms with Gasteiger partial charge >= 0.3 is 5.97 Å². The van der Waals surface area contributed by atoms with Gasteiger partial charge in [-0.1, -0.05) is 25.5 Å². The number of phenols is 1. The first kappa shape index (κ1) is 9.06. The molecule has 0 fully saturated rings. The fourth-order valence-corrected chi connectivity index (χ4v) is 1.79. The summed E-state index contributed by atoms with van der Waals surface area (Å²) in [5, 5.41) is 9.46. The quantitative estimate of drug-likeness (QED) is 0.577. The first-order chi connectivity index (χ1) is 6.74. The molecule has 0 spiro atoms. The molecule has 74 valence electrons. The standard InChI is InChI=1S/C11H12O3/c1-2-4-8-7-5-3-6-9(12)10(7)14-11(8)13/h3,5-6,8,12H,2,4H2,1H3. The zero-order chi connectivity index (χ0) is 10.1. The molecule has 1 aromatic rings. The maximum absolute atomic E-state index is 11.4. The minimum Gasteiger partial charge on any atom is -0.504 e. The highest BCUT2D eigenvalue weighted by molar-refractivity contribution is 5.87. The minimum atomic E-state index is -0.247. The van der Waals surface area contributed by atoms with E-state index in [9.17, 15) is 9.90 Å². The molecule has 14 heavy (non-hydrogen) atoms. The molecule has 1 N–H and O–H groups in total. The number of aromatic hydroxyl groups is 1. The van der Waals surface area contributed by atoms with Gasteiger partial charge in [0.05, 0.1) is 5.92 Å². The van der Waals surface area contributed by atoms with Crippen LogP contribution in [0.1, 0.15) is 31.2 Å². The van der Waals surface area contributed by atoms with Crippen molar-refractivity contribution in [2.24, 2.45) is 0 Å². The highest BCUT2D eigenvalue weighted by Crippen LogP contribution is 2.42. The summed E-state index contributed by atoms with van der Waals surface area (Å²) < 4.78 is 5.01. The number of ether oxygens (including phenoxy) is 1. The largest absolute Gasteiger partial charge is 0.504 e. The topological polar surface area (TPSA) is 46.5 Å². The van der Waals surface area contributed by atoms with Crippen molar-refractivity contribution in [2.75, 3.05) is 0 Å². The van der Waals surface area contributed by atoms with Crippen LogP contribution in [-0.2, 0) is 4.79 Å². The van der Waals surface area contributed by atoms with E-state index in [0.717, 1.165) is 18.4 Å². The van der Waals surface area contributed by atoms with Gasteiger partial charge in [-0.15, -0.1) is 0 Å². The Kier molecular flexibility index (Phi) is 2.15. The third-order valence-corrected chi connectivity index (χ3v) is 2.46. The van der Waals surface area contributed by atoms with E-state index in [1.165, 1.54) is 6.07 Å². The highest BCUT2D eigenvalue weighted by atomic mass is 16.5. The van der Waals surface area contributed by atoms with Crippen molar-refractivity contribution in [2.45, 2.75) is 25.7 Å². The third-order valence-electron chi connectivity index (χ3n) is 2.46. The fourth-order valence-electron chi connectivity index (χ4n) is 1.79. The van der Waals surface area contributed by atoms with Crippen molar-refractivity contribution in [3.63, 3.8) is 0 Å². The number of rotatable bonds is 2. The van der Waals surface area contributed by atoms with Gasteiger partial charge in [0.2, 0.25) is 0 Å². The SMILES string of the molecule is CCCC1C(=O)Oc2c(O)cccc21. The number of esters is 1. The van der Waals surface area contributed by atoms with Crippen molar-refractivity contribution in [1.82, 2.24) is 0 Å². The molecule has 2 rings (SSSR count). The second kappa shape index (κ2) is 3.33. The Morgan fingerprint density at radius 3 is 3.00 bits per heavy atom. The number of hydrogen-bond acceptors (Lipinski definition) is 3. The molecule has 0 saturated carbocycles. The lowest BCUT2D eigenvalue weighted by molar-refractivity contribution is -0.134. The first-order valence-corrected chi connectivity index (χ1v) is 4.77. The predicted molar refractivity (Wildman–Crippen MR) is 51.4 cm³/mol. The molecule has 1 aliphatic heterocycles. The smallest absolute Gasteiger partial charge is 0.319 e. The molecular formula is C11H12O3. The van der Waals surface area contributed by atoms with Crippen LogP contribution in [0.5, 0.6) is 11.5 Å². The van der Waals surface area contributed by atoms with Crippen LogP contribution in [0.2, 0.25) is 0 Å². The lowest BCUT2D eigenvalue weighted by atomic mass is 9.96. The molecule has 3 nitrogen and oxygen atoms in total. The molecule has 1 atom stereocenters. The van der Waals surface area contributed by atoms with Crippen LogP contribution >= 0.6 is 0 Å². The van der Waals surface area contributed by atoms with Gasteiger partial charge in [0.1, 0.15) is 0 Å². The molecule has 1 unspecified atom stereocenters. The van der Waals surface area contributed by atoms with Crippen LogP contribution in [-0.4, -0.2) is 11.1 Å². The minimum absolute atomic E-state index is 0.0504. The molecule has 0 bridgehead atoms. The van der Waals surface area contributed by atoms with E-state index in [4.69, 9.17) is 4.74 Å². The number of fused-ring (bicyclic) bond motifs is 1. The monoisotopic (exact) mass is 192 g/mol. The van der Waals surface area contributed by atoms with E-state index >= 15 is 0 Å². The second-order valence-corrected chi connectivity index (χ2v) is 3.46. The predicted octanol–water partition coefficient (Wildman–Crippen LogP) is 2.19. The number of carbonyl (C=O) groups excluding carboxylic acids is 1. The highest BCUT2D eigenvalue weighted by Gasteiger charge is 2.33. The first-order valence-electron chi connectivity index (χ1n) is 4.77. The summed E-state index contributed by atoms with van der Waals surface area (Å²) >= 11 is 0. The number of hydrogen-bond donors (Lipinski definition) is 1. The van der Waals surface area contributed by atoms with Gasteiger partial charge in [0, 0.05) is 5.56 Å². The molecule has 0 amide bonds. The molecule has 0 radical (unpaired) electrons. The van der Waals surface area contributed by atoms with E-state index in [1.807, 2.05) is 13.0 Å². The van der Waals surface area contributed by atoms with Crippen LogP contribution in [0, 0.1) is 0 Å². The van der Waals surface area contributed by atoms with Gasteiger partial charge in [0.25, 0.3) is 0 Å². The molecular weight excluding hydrogens is 180 g/mol. The summed E-state index contributed by atoms with van der Waals surface area (Å²) in [6.07, 6.45) is 1.70. The van der Waals surface area contributed by atoms with Crippen molar-refractivity contribution in [1.29, 1.82) is 0 Å². The summed E-state index contributed by atoms with van der Waals surface area (Å²) in [6, 6.07) is 5.10. The molecule has 1 aliphatic rings. The lowest BCUT2D eigenvalue weighted by Crippen LogP contribution is -2.09. The zero-order valence-corrected chi connectivity index (χ0v) is 7.99. The summed E-state index contributed by atoms with van der Waals surface area (Å²) in [7, 11) is 0. The second-order valence-electron chi connectivity index (χ2n) is 3.46. The average Bonchev–Trinajstić information content (AvgIpc) is 2.47. The Hall–Kier alpha value is -1.51. The molecule has 0 aromatic heterocycles. The van der Waals surface area contributed by atoms with Crippen molar-refractivity contribution < 1.29 is 14.6 Å². The van der Waals surface area contributed by atoms with Crippen molar-refractivity contribution in [3.05, 3.63) is 23.8 Å². The Morgan fingerprint density at radius 2 is 2.29 bits per heavy atom. The van der Waals surface area contributed by atoms with Gasteiger partial charge in [-0.2, -0.15) is 0 Å². The molecule has 3 heteroatoms. The van der Waals surface area contributed by atoms with E-state index in [2.05, 4.69) is 0 Å². The van der Waals surface area contributed by atoms with Crippen molar-refractivity contribution >= 4 is 5.97 Å². The molecule has 1 aromatic carbocycles. The molecule has 0 aliphatic carbocycles. The van der Waals surface area contributed by atoms with Crippen molar-refractivity contribution in [3.8, 4) is 11.5 Å². The van der Waals surface area contributed by atoms with Crippen LogP contribution in [0.25, 0.3) is 0 Å². The fraction of sp³-hybridized carbons (Fsp3) is 0.364. The van der Waals surface area contributed by atoms with Crippen LogP contribution in [0.4, 0.5) is 0 Å². The summed E-state index contributed by atoms with van der Waals surface area (Å²) in [4.78, 5) is 11.4. The van der Waals surface area contributed by atoms with Gasteiger partial charge in [-0.3, -0.25) is 4.79 Å². The number of phenolic OH excluding ortho intramolecular Hbond substituents is 1. The summed E-state index contributed by atoms with van der Waals surface area (Å²) in [5.74, 6) is -0.0455. The van der Waals surface area contributed by atoms with E-state index in [-0.39, 0.29) is 17.6 Å².